The van der Waals surface area contributed by atoms with Crippen molar-refractivity contribution in [3.05, 3.63) is 30.5 Å². The van der Waals surface area contributed by atoms with Gasteiger partial charge in [-0.1, -0.05) is 18.2 Å². The summed E-state index contributed by atoms with van der Waals surface area (Å²) < 4.78 is 7.12. The molecular weight excluding hydrogens is 270 g/mol. The third kappa shape index (κ3) is 2.61. The fourth-order valence-electron chi connectivity index (χ4n) is 1.90. The van der Waals surface area contributed by atoms with Gasteiger partial charge in [0.1, 0.15) is 0 Å². The molecule has 0 amide bonds. The SMILES string of the molecule is CC(C)Oc1nc(NN)nc(-n2ncc3ccccc32)n1. The first-order valence-electron chi connectivity index (χ1n) is 6.50. The van der Waals surface area contributed by atoms with Crippen molar-refractivity contribution < 1.29 is 4.74 Å². The van der Waals surface area contributed by atoms with Crippen molar-refractivity contribution in [2.75, 3.05) is 5.43 Å². The van der Waals surface area contributed by atoms with Gasteiger partial charge < -0.3 is 4.74 Å². The van der Waals surface area contributed by atoms with E-state index in [1.165, 1.54) is 0 Å². The molecule has 3 aromatic rings. The summed E-state index contributed by atoms with van der Waals surface area (Å²) in [5.74, 6) is 5.96. The van der Waals surface area contributed by atoms with E-state index in [2.05, 4.69) is 25.5 Å². The van der Waals surface area contributed by atoms with Crippen LogP contribution in [0.3, 0.4) is 0 Å². The van der Waals surface area contributed by atoms with Crippen LogP contribution >= 0.6 is 0 Å². The normalized spacial score (nSPS) is 11.0. The summed E-state index contributed by atoms with van der Waals surface area (Å²) in [5.41, 5.74) is 3.30. The number of para-hydroxylation sites is 1. The van der Waals surface area contributed by atoms with Crippen molar-refractivity contribution in [1.82, 2.24) is 24.7 Å². The number of nitrogens with zero attached hydrogens (tertiary/aromatic N) is 5. The molecule has 0 aliphatic heterocycles. The van der Waals surface area contributed by atoms with Gasteiger partial charge in [-0.3, -0.25) is 5.43 Å². The summed E-state index contributed by atoms with van der Waals surface area (Å²) in [6.07, 6.45) is 1.69. The first-order chi connectivity index (χ1) is 10.2. The molecule has 3 N–H and O–H groups in total. The van der Waals surface area contributed by atoms with Crippen molar-refractivity contribution in [2.45, 2.75) is 20.0 Å². The maximum absolute atomic E-state index is 5.51. The number of nitrogen functional groups attached to an aromatic ring is 1. The van der Waals surface area contributed by atoms with Gasteiger partial charge >= 0.3 is 6.01 Å². The van der Waals surface area contributed by atoms with Crippen molar-refractivity contribution in [1.29, 1.82) is 0 Å². The summed E-state index contributed by atoms with van der Waals surface area (Å²) in [6, 6.07) is 7.97. The van der Waals surface area contributed by atoms with E-state index < -0.39 is 0 Å². The van der Waals surface area contributed by atoms with Gasteiger partial charge in [0, 0.05) is 5.39 Å². The van der Waals surface area contributed by atoms with Gasteiger partial charge in [-0.25, -0.2) is 5.84 Å². The number of ether oxygens (including phenoxy) is 1. The van der Waals surface area contributed by atoms with Gasteiger partial charge in [-0.15, -0.1) is 0 Å². The molecule has 2 aromatic heterocycles. The largest absolute Gasteiger partial charge is 0.461 e. The Morgan fingerprint density at radius 2 is 2.00 bits per heavy atom. The molecule has 0 radical (unpaired) electrons. The molecule has 0 fully saturated rings. The second-order valence-electron chi connectivity index (χ2n) is 4.67. The summed E-state index contributed by atoms with van der Waals surface area (Å²) in [6.45, 7) is 3.78. The van der Waals surface area contributed by atoms with Crippen LogP contribution in [0, 0.1) is 0 Å². The van der Waals surface area contributed by atoms with E-state index in [1.54, 1.807) is 10.9 Å². The van der Waals surface area contributed by atoms with Crippen molar-refractivity contribution in [2.24, 2.45) is 5.84 Å². The van der Waals surface area contributed by atoms with Gasteiger partial charge in [0.2, 0.25) is 5.95 Å². The Bertz CT molecular complexity index is 768. The quantitative estimate of drug-likeness (QED) is 0.549. The standard InChI is InChI=1S/C13H15N7O/c1-8(2)21-13-17-11(19-14)16-12(18-13)20-10-6-4-3-5-9(10)7-15-20/h3-8H,14H2,1-2H3,(H,16,17,18,19). The van der Waals surface area contributed by atoms with Crippen LogP contribution in [0.2, 0.25) is 0 Å². The van der Waals surface area contributed by atoms with Crippen molar-refractivity contribution >= 4 is 16.9 Å². The van der Waals surface area contributed by atoms with Gasteiger partial charge in [0.05, 0.1) is 17.8 Å². The lowest BCUT2D eigenvalue weighted by molar-refractivity contribution is 0.221. The molecule has 8 nitrogen and oxygen atoms in total. The van der Waals surface area contributed by atoms with Crippen LogP contribution in [0.5, 0.6) is 6.01 Å². The Hall–Kier alpha value is -2.74. The number of fused-ring (bicyclic) bond motifs is 1. The average molecular weight is 285 g/mol. The summed E-state index contributed by atoms with van der Waals surface area (Å²) in [4.78, 5) is 12.5. The molecule has 8 heteroatoms. The van der Waals surface area contributed by atoms with E-state index in [9.17, 15) is 0 Å². The number of hydrogen-bond donors (Lipinski definition) is 2. The highest BCUT2D eigenvalue weighted by molar-refractivity contribution is 5.79. The zero-order chi connectivity index (χ0) is 14.8. The number of rotatable bonds is 4. The Morgan fingerprint density at radius 3 is 2.76 bits per heavy atom. The molecular formula is C13H15N7O. The number of anilines is 1. The Kier molecular flexibility index (Phi) is 3.36. The summed E-state index contributed by atoms with van der Waals surface area (Å²) in [7, 11) is 0. The van der Waals surface area contributed by atoms with Gasteiger partial charge in [-0.05, 0) is 19.9 Å². The van der Waals surface area contributed by atoms with E-state index in [1.807, 2.05) is 38.1 Å². The van der Waals surface area contributed by atoms with E-state index in [0.717, 1.165) is 10.9 Å². The Balaban J connectivity index is 2.12. The fraction of sp³-hybridized carbons (Fsp3) is 0.231. The maximum atomic E-state index is 5.51. The molecule has 3 rings (SSSR count). The molecule has 0 saturated carbocycles. The third-order valence-corrected chi connectivity index (χ3v) is 2.74. The fourth-order valence-corrected chi connectivity index (χ4v) is 1.90. The van der Waals surface area contributed by atoms with Crippen LogP contribution < -0.4 is 16.0 Å². The van der Waals surface area contributed by atoms with E-state index in [-0.39, 0.29) is 18.1 Å². The number of aromatic nitrogens is 5. The first kappa shape index (κ1) is 13.3. The molecule has 1 aromatic carbocycles. The van der Waals surface area contributed by atoms with Crippen molar-refractivity contribution in [3.63, 3.8) is 0 Å². The average Bonchev–Trinajstić information content (AvgIpc) is 2.90. The predicted molar refractivity (Wildman–Crippen MR) is 78.0 cm³/mol. The monoisotopic (exact) mass is 285 g/mol. The molecule has 108 valence electrons. The minimum Gasteiger partial charge on any atom is -0.461 e. The topological polar surface area (TPSA) is 104 Å². The van der Waals surface area contributed by atoms with Crippen molar-refractivity contribution in [3.8, 4) is 12.0 Å². The number of nitrogens with two attached hydrogens (primary N) is 1. The lowest BCUT2D eigenvalue weighted by Crippen LogP contribution is -2.16. The molecule has 0 spiro atoms. The smallest absolute Gasteiger partial charge is 0.323 e. The van der Waals surface area contributed by atoms with E-state index in [0.29, 0.717) is 5.95 Å². The minimum absolute atomic E-state index is 0.0553. The lowest BCUT2D eigenvalue weighted by Gasteiger charge is -2.10. The highest BCUT2D eigenvalue weighted by Crippen LogP contribution is 2.18. The molecule has 0 bridgehead atoms. The molecule has 2 heterocycles. The highest BCUT2D eigenvalue weighted by atomic mass is 16.5. The molecule has 0 aliphatic carbocycles. The third-order valence-electron chi connectivity index (χ3n) is 2.74. The molecule has 0 atom stereocenters. The summed E-state index contributed by atoms with van der Waals surface area (Å²) in [5, 5.41) is 5.29. The summed E-state index contributed by atoms with van der Waals surface area (Å²) >= 11 is 0. The minimum atomic E-state index is -0.0553. The first-order valence-corrected chi connectivity index (χ1v) is 6.50. The maximum Gasteiger partial charge on any atom is 0.323 e. The second-order valence-corrected chi connectivity index (χ2v) is 4.67. The van der Waals surface area contributed by atoms with Crippen LogP contribution in [0.1, 0.15) is 13.8 Å². The van der Waals surface area contributed by atoms with Gasteiger partial charge in [0.15, 0.2) is 0 Å². The predicted octanol–water partition coefficient (Wildman–Crippen LogP) is 1.28. The lowest BCUT2D eigenvalue weighted by atomic mass is 10.3. The molecule has 0 aliphatic rings. The highest BCUT2D eigenvalue weighted by Gasteiger charge is 2.12. The van der Waals surface area contributed by atoms with Gasteiger partial charge in [0.25, 0.3) is 5.95 Å². The Labute approximate surface area is 121 Å². The van der Waals surface area contributed by atoms with Gasteiger partial charge in [-0.2, -0.15) is 24.7 Å². The van der Waals surface area contributed by atoms with Crippen LogP contribution in [0.25, 0.3) is 16.9 Å². The zero-order valence-electron chi connectivity index (χ0n) is 11.7. The van der Waals surface area contributed by atoms with Crippen LogP contribution in [-0.2, 0) is 0 Å². The second kappa shape index (κ2) is 5.33. The molecule has 0 unspecified atom stereocenters. The van der Waals surface area contributed by atoms with E-state index >= 15 is 0 Å². The number of nitrogens with one attached hydrogen (secondary N) is 1. The zero-order valence-corrected chi connectivity index (χ0v) is 11.7. The van der Waals surface area contributed by atoms with Crippen LogP contribution in [0.15, 0.2) is 30.5 Å². The number of hydrazine groups is 1. The Morgan fingerprint density at radius 1 is 1.19 bits per heavy atom. The van der Waals surface area contributed by atoms with Crippen LogP contribution in [-0.4, -0.2) is 30.8 Å². The van der Waals surface area contributed by atoms with Crippen LogP contribution in [0.4, 0.5) is 5.95 Å². The van der Waals surface area contributed by atoms with E-state index in [4.69, 9.17) is 10.6 Å². The molecule has 21 heavy (non-hydrogen) atoms. The molecule has 0 saturated heterocycles. The number of hydrogen-bond acceptors (Lipinski definition) is 7. The number of benzene rings is 1.